The number of hydrogen-bond donors (Lipinski definition) is 2. The first-order valence-electron chi connectivity index (χ1n) is 20.2. The first-order chi connectivity index (χ1) is 27.9. The van der Waals surface area contributed by atoms with E-state index >= 15 is 0 Å². The molecule has 4 aliphatic rings. The molecule has 0 aliphatic carbocycles. The number of anilines is 2. The predicted octanol–water partition coefficient (Wildman–Crippen LogP) is 4.67. The van der Waals surface area contributed by atoms with E-state index in [-0.39, 0.29) is 24.1 Å². The number of hydrogen-bond acceptors (Lipinski definition) is 9. The average molecular weight is 766 g/mol. The lowest BCUT2D eigenvalue weighted by Gasteiger charge is -2.39. The number of fused-ring (bicyclic) bond motifs is 1. The van der Waals surface area contributed by atoms with E-state index in [4.69, 9.17) is 9.68 Å². The maximum atomic E-state index is 13.1. The first-order valence-corrected chi connectivity index (χ1v) is 20.2. The minimum Gasteiger partial charge on any atom is -0.537 e. The molecular formula is C45H50BN6O5. The standard InChI is InChI=1S/C45H50BN6O5/c1-2-39(32-6-4-3-5-7-32)43(34-10-15-38(16-11-34)57-46-56)33-8-12-36(13-9-33)50-26-22-48(23-27-50)20-21-49-24-28-51(29-25-49)37-14-17-40-35(30-37)31-52(45(40)55)41-18-19-42(53)47-44(41)54/h3-17,30,41,56H,2,18-29,31H2,1H3,(H,47,53,54)/b43-39-. The lowest BCUT2D eigenvalue weighted by atomic mass is 9.88. The Bertz CT molecular complexity index is 2090. The highest BCUT2D eigenvalue weighted by Gasteiger charge is 2.39. The topological polar surface area (TPSA) is 109 Å². The second-order valence-corrected chi connectivity index (χ2v) is 15.3. The van der Waals surface area contributed by atoms with Crippen molar-refractivity contribution in [3.63, 3.8) is 0 Å². The van der Waals surface area contributed by atoms with Crippen molar-refractivity contribution in [2.45, 2.75) is 38.8 Å². The molecule has 4 aliphatic heterocycles. The van der Waals surface area contributed by atoms with Crippen LogP contribution in [0, 0.1) is 0 Å². The summed E-state index contributed by atoms with van der Waals surface area (Å²) < 4.78 is 5.19. The minimum absolute atomic E-state index is 0.130. The molecule has 11 nitrogen and oxygen atoms in total. The number of carbonyl (C=O) groups excluding carboxylic acids is 3. The van der Waals surface area contributed by atoms with Gasteiger partial charge in [0, 0.05) is 95.4 Å². The third-order valence-electron chi connectivity index (χ3n) is 12.0. The number of carbonyl (C=O) groups is 3. The smallest absolute Gasteiger partial charge is 0.537 e. The summed E-state index contributed by atoms with van der Waals surface area (Å²) in [5.74, 6) is -0.190. The van der Waals surface area contributed by atoms with Crippen molar-refractivity contribution in [2.24, 2.45) is 0 Å². The van der Waals surface area contributed by atoms with Crippen molar-refractivity contribution in [1.29, 1.82) is 0 Å². The number of piperidine rings is 1. The Morgan fingerprint density at radius 3 is 1.93 bits per heavy atom. The van der Waals surface area contributed by atoms with Crippen LogP contribution in [0.1, 0.15) is 58.8 Å². The molecule has 3 amide bonds. The number of imide groups is 1. The number of allylic oxidation sites excluding steroid dienone is 1. The largest absolute Gasteiger partial charge is 0.569 e. The van der Waals surface area contributed by atoms with Crippen LogP contribution < -0.4 is 19.8 Å². The zero-order chi connectivity index (χ0) is 39.3. The monoisotopic (exact) mass is 765 g/mol. The zero-order valence-electron chi connectivity index (χ0n) is 32.6. The normalized spacial score (nSPS) is 19.6. The summed E-state index contributed by atoms with van der Waals surface area (Å²) in [5, 5.41) is 11.5. The van der Waals surface area contributed by atoms with Crippen molar-refractivity contribution in [1.82, 2.24) is 20.0 Å². The molecule has 293 valence electrons. The summed E-state index contributed by atoms with van der Waals surface area (Å²) in [6.45, 7) is 12.6. The van der Waals surface area contributed by atoms with E-state index in [1.807, 2.05) is 24.3 Å². The van der Waals surface area contributed by atoms with Gasteiger partial charge < -0.3 is 24.4 Å². The third-order valence-corrected chi connectivity index (χ3v) is 12.0. The van der Waals surface area contributed by atoms with E-state index in [0.29, 0.717) is 32.0 Å². The van der Waals surface area contributed by atoms with Gasteiger partial charge in [-0.1, -0.05) is 61.5 Å². The molecule has 4 heterocycles. The van der Waals surface area contributed by atoms with Crippen LogP contribution >= 0.6 is 0 Å². The molecule has 4 aromatic rings. The number of nitrogens with one attached hydrogen (secondary N) is 1. The molecule has 1 atom stereocenters. The van der Waals surface area contributed by atoms with Crippen LogP contribution in [0.25, 0.3) is 11.1 Å². The van der Waals surface area contributed by atoms with E-state index in [0.717, 1.165) is 88.7 Å². The van der Waals surface area contributed by atoms with E-state index in [2.05, 4.69) is 105 Å². The van der Waals surface area contributed by atoms with E-state index in [9.17, 15) is 14.4 Å². The van der Waals surface area contributed by atoms with Crippen molar-refractivity contribution in [3.8, 4) is 5.75 Å². The number of rotatable bonds is 12. The number of benzene rings is 4. The Hall–Kier alpha value is -5.43. The Morgan fingerprint density at radius 2 is 1.33 bits per heavy atom. The van der Waals surface area contributed by atoms with Gasteiger partial charge >= 0.3 is 7.69 Å². The SMILES string of the molecule is CC/C(=C(/c1ccc(O[B]O)cc1)c1ccc(N2CCN(CCN3CCN(c4ccc5c(c4)CN(C4CCC(=O)NC4=O)C5=O)CC3)CC2)cc1)c1ccccc1. The summed E-state index contributed by atoms with van der Waals surface area (Å²) in [6.07, 6.45) is 1.51. The summed E-state index contributed by atoms with van der Waals surface area (Å²) >= 11 is 0. The molecule has 0 aromatic heterocycles. The van der Waals surface area contributed by atoms with Crippen LogP contribution in [0.3, 0.4) is 0 Å². The predicted molar refractivity (Wildman–Crippen MR) is 224 cm³/mol. The fourth-order valence-electron chi connectivity index (χ4n) is 8.78. The number of piperazine rings is 2. The van der Waals surface area contributed by atoms with E-state index in [1.54, 1.807) is 4.90 Å². The zero-order valence-corrected chi connectivity index (χ0v) is 32.6. The highest BCUT2D eigenvalue weighted by Crippen LogP contribution is 2.36. The van der Waals surface area contributed by atoms with Gasteiger partial charge in [-0.25, -0.2) is 0 Å². The van der Waals surface area contributed by atoms with Crippen molar-refractivity contribution < 1.29 is 24.1 Å². The molecule has 57 heavy (non-hydrogen) atoms. The van der Waals surface area contributed by atoms with Gasteiger partial charge in [-0.2, -0.15) is 0 Å². The molecule has 12 heteroatoms. The minimum atomic E-state index is -0.593. The lowest BCUT2D eigenvalue weighted by molar-refractivity contribution is -0.136. The molecule has 0 spiro atoms. The second-order valence-electron chi connectivity index (χ2n) is 15.3. The van der Waals surface area contributed by atoms with Crippen LogP contribution in [0.2, 0.25) is 0 Å². The highest BCUT2D eigenvalue weighted by molar-refractivity contribution is 6.17. The van der Waals surface area contributed by atoms with Crippen molar-refractivity contribution in [3.05, 3.63) is 125 Å². The van der Waals surface area contributed by atoms with Gasteiger partial charge in [0.05, 0.1) is 0 Å². The van der Waals surface area contributed by atoms with Gasteiger partial charge in [0.25, 0.3) is 5.91 Å². The molecule has 0 bridgehead atoms. The summed E-state index contributed by atoms with van der Waals surface area (Å²) in [4.78, 5) is 48.9. The highest BCUT2D eigenvalue weighted by atomic mass is 16.5. The number of amides is 3. The third kappa shape index (κ3) is 8.49. The van der Waals surface area contributed by atoms with Gasteiger partial charge in [-0.3, -0.25) is 29.5 Å². The van der Waals surface area contributed by atoms with Crippen LogP contribution in [0.15, 0.2) is 97.1 Å². The average Bonchev–Trinajstić information content (AvgIpc) is 3.58. The molecule has 1 unspecified atom stereocenters. The molecule has 8 rings (SSSR count). The first kappa shape index (κ1) is 38.4. The van der Waals surface area contributed by atoms with Gasteiger partial charge in [0.2, 0.25) is 11.8 Å². The molecule has 2 N–H and O–H groups in total. The number of nitrogens with zero attached hydrogens (tertiary/aromatic N) is 5. The quantitative estimate of drug-likeness (QED) is 0.121. The van der Waals surface area contributed by atoms with Crippen molar-refractivity contribution >= 4 is 47.9 Å². The van der Waals surface area contributed by atoms with Crippen molar-refractivity contribution in [2.75, 3.05) is 75.2 Å². The molecular weight excluding hydrogens is 715 g/mol. The molecule has 1 radical (unpaired) electrons. The Labute approximate surface area is 335 Å². The lowest BCUT2D eigenvalue weighted by Crippen LogP contribution is -2.52. The van der Waals surface area contributed by atoms with E-state index < -0.39 is 6.04 Å². The summed E-state index contributed by atoms with van der Waals surface area (Å²) in [7, 11) is 0.709. The molecule has 3 saturated heterocycles. The van der Waals surface area contributed by atoms with Crippen LogP contribution in [-0.4, -0.2) is 117 Å². The van der Waals surface area contributed by atoms with Gasteiger partial charge in [-0.05, 0) is 88.7 Å². The second kappa shape index (κ2) is 17.4. The Kier molecular flexibility index (Phi) is 11.7. The van der Waals surface area contributed by atoms with Crippen LogP contribution in [0.4, 0.5) is 11.4 Å². The van der Waals surface area contributed by atoms with Crippen LogP contribution in [-0.2, 0) is 16.1 Å². The fraction of sp³-hybridized carbons (Fsp3) is 0.356. The Balaban J connectivity index is 0.829. The van der Waals surface area contributed by atoms with E-state index in [1.165, 1.54) is 28.0 Å². The molecule has 0 saturated carbocycles. The summed E-state index contributed by atoms with van der Waals surface area (Å²) in [5.41, 5.74) is 9.92. The maximum Gasteiger partial charge on any atom is 0.569 e. The van der Waals surface area contributed by atoms with Gasteiger partial charge in [0.1, 0.15) is 11.8 Å². The van der Waals surface area contributed by atoms with Gasteiger partial charge in [-0.15, -0.1) is 0 Å². The Morgan fingerprint density at radius 1 is 0.737 bits per heavy atom. The molecule has 4 aromatic carbocycles. The van der Waals surface area contributed by atoms with Crippen LogP contribution in [0.5, 0.6) is 5.75 Å². The molecule has 3 fully saturated rings. The summed E-state index contributed by atoms with van der Waals surface area (Å²) in [6, 6.07) is 32.9. The van der Waals surface area contributed by atoms with Gasteiger partial charge in [0.15, 0.2) is 0 Å². The fourth-order valence-corrected chi connectivity index (χ4v) is 8.78. The maximum absolute atomic E-state index is 13.1.